The first-order chi connectivity index (χ1) is 19.0. The van der Waals surface area contributed by atoms with Crippen LogP contribution in [0.3, 0.4) is 0 Å². The normalized spacial score (nSPS) is 16.5. The molecule has 2 N–H and O–H groups in total. The summed E-state index contributed by atoms with van der Waals surface area (Å²) in [5.41, 5.74) is 1.96. The van der Waals surface area contributed by atoms with E-state index in [4.69, 9.17) is 4.74 Å². The highest BCUT2D eigenvalue weighted by Crippen LogP contribution is 2.44. The Labute approximate surface area is 233 Å². The van der Waals surface area contributed by atoms with Crippen LogP contribution in [0.5, 0.6) is 11.5 Å². The lowest BCUT2D eigenvalue weighted by molar-refractivity contribution is -0.132. The number of Topliss-reactive ketones (excluding diaryl/α,β-unsaturated/α-hetero) is 1. The topological polar surface area (TPSA) is 113 Å². The molecule has 10 heteroatoms. The molecule has 0 bridgehead atoms. The molecule has 1 fully saturated rings. The van der Waals surface area contributed by atoms with Crippen LogP contribution in [0, 0.1) is 0 Å². The molecule has 0 aliphatic carbocycles. The number of hydrogen-bond acceptors (Lipinski definition) is 9. The molecule has 1 unspecified atom stereocenters. The van der Waals surface area contributed by atoms with E-state index in [0.717, 1.165) is 12.0 Å². The van der Waals surface area contributed by atoms with Crippen LogP contribution in [0.25, 0.3) is 5.76 Å². The van der Waals surface area contributed by atoms with E-state index in [2.05, 4.69) is 10.2 Å². The summed E-state index contributed by atoms with van der Waals surface area (Å²) >= 11 is 2.68. The van der Waals surface area contributed by atoms with Crippen LogP contribution in [0.2, 0.25) is 0 Å². The van der Waals surface area contributed by atoms with Crippen molar-refractivity contribution < 1.29 is 24.5 Å². The first-order valence-electron chi connectivity index (χ1n) is 12.3. The van der Waals surface area contributed by atoms with Crippen LogP contribution in [-0.2, 0) is 15.3 Å². The summed E-state index contributed by atoms with van der Waals surface area (Å²) in [7, 11) is 0. The zero-order valence-electron chi connectivity index (χ0n) is 21.0. The van der Waals surface area contributed by atoms with Crippen molar-refractivity contribution in [2.75, 3.05) is 11.5 Å². The SMILES string of the molecule is CCCOc1ccc(/C(O)=C2\C(=O)C(=O)N(c3nnc(SCc4ccccc4)s3)C2c2ccc(O)cc2)cc1. The molecule has 1 saturated heterocycles. The van der Waals surface area contributed by atoms with Crippen LogP contribution in [-0.4, -0.2) is 38.7 Å². The fraction of sp³-hybridized carbons (Fsp3) is 0.172. The minimum absolute atomic E-state index is 0.0360. The third-order valence-corrected chi connectivity index (χ3v) is 8.19. The van der Waals surface area contributed by atoms with E-state index in [0.29, 0.717) is 33.6 Å². The summed E-state index contributed by atoms with van der Waals surface area (Å²) in [5.74, 6) is -0.599. The third-order valence-electron chi connectivity index (χ3n) is 6.06. The average Bonchev–Trinajstić information content (AvgIpc) is 3.53. The molecule has 1 aliphatic heterocycles. The fourth-order valence-electron chi connectivity index (χ4n) is 4.16. The minimum atomic E-state index is -0.957. The number of amides is 1. The van der Waals surface area contributed by atoms with Crippen molar-refractivity contribution in [3.8, 4) is 11.5 Å². The molecule has 4 aromatic rings. The molecule has 0 saturated carbocycles. The first kappa shape index (κ1) is 26.5. The van der Waals surface area contributed by atoms with Crippen LogP contribution in [0.1, 0.15) is 36.1 Å². The molecular weight excluding hydrogens is 534 g/mol. The summed E-state index contributed by atoms with van der Waals surface area (Å²) in [4.78, 5) is 28.0. The first-order valence-corrected chi connectivity index (χ1v) is 14.1. The Morgan fingerprint density at radius 1 is 1.00 bits per heavy atom. The number of aromatic hydroxyl groups is 1. The summed E-state index contributed by atoms with van der Waals surface area (Å²) in [6.45, 7) is 2.57. The van der Waals surface area contributed by atoms with E-state index in [9.17, 15) is 19.8 Å². The van der Waals surface area contributed by atoms with E-state index in [-0.39, 0.29) is 22.2 Å². The number of nitrogens with zero attached hydrogens (tertiary/aromatic N) is 3. The number of phenolic OH excluding ortho intramolecular Hbond substituents is 1. The number of thioether (sulfide) groups is 1. The number of rotatable bonds is 9. The van der Waals surface area contributed by atoms with Crippen LogP contribution >= 0.6 is 23.1 Å². The zero-order chi connectivity index (χ0) is 27.4. The summed E-state index contributed by atoms with van der Waals surface area (Å²) in [6.07, 6.45) is 0.857. The van der Waals surface area contributed by atoms with Crippen molar-refractivity contribution in [2.45, 2.75) is 29.5 Å². The van der Waals surface area contributed by atoms with Crippen molar-refractivity contribution in [3.05, 3.63) is 101 Å². The van der Waals surface area contributed by atoms with Crippen LogP contribution < -0.4 is 9.64 Å². The van der Waals surface area contributed by atoms with Gasteiger partial charge in [0, 0.05) is 11.3 Å². The van der Waals surface area contributed by atoms with Crippen LogP contribution in [0.4, 0.5) is 5.13 Å². The standard InChI is InChI=1S/C29H25N3O5S2/c1-2-16-37-22-14-10-20(11-15-22)25(34)23-24(19-8-12-21(33)13-9-19)32(27(36)26(23)35)28-30-31-29(39-28)38-17-18-6-4-3-5-7-18/h3-15,24,33-34H,2,16-17H2,1H3/b25-23+. The van der Waals surface area contributed by atoms with Crippen molar-refractivity contribution >= 4 is 45.7 Å². The smallest absolute Gasteiger partial charge is 0.301 e. The fourth-order valence-corrected chi connectivity index (χ4v) is 5.99. The Hall–Kier alpha value is -4.15. The molecule has 1 aliphatic rings. The second-order valence-electron chi connectivity index (χ2n) is 8.76. The van der Waals surface area contributed by atoms with E-state index < -0.39 is 17.7 Å². The largest absolute Gasteiger partial charge is 0.508 e. The lowest BCUT2D eigenvalue weighted by atomic mass is 9.95. The third kappa shape index (κ3) is 5.67. The molecule has 2 heterocycles. The van der Waals surface area contributed by atoms with Gasteiger partial charge in [0.25, 0.3) is 5.78 Å². The predicted molar refractivity (Wildman–Crippen MR) is 151 cm³/mol. The highest BCUT2D eigenvalue weighted by Gasteiger charge is 2.48. The van der Waals surface area contributed by atoms with Crippen molar-refractivity contribution in [2.24, 2.45) is 0 Å². The second kappa shape index (κ2) is 11.7. The number of phenols is 1. The van der Waals surface area contributed by atoms with Gasteiger partial charge in [0.05, 0.1) is 18.2 Å². The Kier molecular flexibility index (Phi) is 7.94. The van der Waals surface area contributed by atoms with Gasteiger partial charge in [0.1, 0.15) is 17.3 Å². The van der Waals surface area contributed by atoms with E-state index >= 15 is 0 Å². The Morgan fingerprint density at radius 3 is 2.41 bits per heavy atom. The van der Waals surface area contributed by atoms with Gasteiger partial charge in [0.15, 0.2) is 4.34 Å². The number of hydrogen-bond donors (Lipinski definition) is 2. The molecule has 8 nitrogen and oxygen atoms in total. The maximum Gasteiger partial charge on any atom is 0.301 e. The summed E-state index contributed by atoms with van der Waals surface area (Å²) < 4.78 is 6.26. The molecule has 39 heavy (non-hydrogen) atoms. The van der Waals surface area contributed by atoms with Gasteiger partial charge in [0.2, 0.25) is 5.13 Å². The molecule has 1 amide bonds. The van der Waals surface area contributed by atoms with E-state index in [1.165, 1.54) is 40.1 Å². The average molecular weight is 560 g/mol. The van der Waals surface area contributed by atoms with Crippen molar-refractivity contribution in [1.82, 2.24) is 10.2 Å². The Bertz CT molecular complexity index is 1500. The lowest BCUT2D eigenvalue weighted by Crippen LogP contribution is -2.29. The van der Waals surface area contributed by atoms with Crippen molar-refractivity contribution in [1.29, 1.82) is 0 Å². The maximum atomic E-state index is 13.4. The number of aliphatic hydroxyl groups excluding tert-OH is 1. The molecule has 0 spiro atoms. The summed E-state index contributed by atoms with van der Waals surface area (Å²) in [5, 5.41) is 29.8. The number of ketones is 1. The van der Waals surface area contributed by atoms with Crippen LogP contribution in [0.15, 0.2) is 88.8 Å². The number of aliphatic hydroxyl groups is 1. The van der Waals surface area contributed by atoms with Gasteiger partial charge >= 0.3 is 5.91 Å². The lowest BCUT2D eigenvalue weighted by Gasteiger charge is -2.22. The molecule has 1 aromatic heterocycles. The van der Waals surface area contributed by atoms with Gasteiger partial charge in [-0.1, -0.05) is 72.5 Å². The van der Waals surface area contributed by atoms with Crippen molar-refractivity contribution in [3.63, 3.8) is 0 Å². The molecule has 0 radical (unpaired) electrons. The van der Waals surface area contributed by atoms with Gasteiger partial charge in [-0.2, -0.15) is 0 Å². The van der Waals surface area contributed by atoms with Gasteiger partial charge < -0.3 is 14.9 Å². The summed E-state index contributed by atoms with van der Waals surface area (Å²) in [6, 6.07) is 21.8. The molecule has 3 aromatic carbocycles. The number of benzene rings is 3. The van der Waals surface area contributed by atoms with E-state index in [1.54, 1.807) is 36.4 Å². The van der Waals surface area contributed by atoms with Gasteiger partial charge in [-0.15, -0.1) is 10.2 Å². The minimum Gasteiger partial charge on any atom is -0.508 e. The maximum absolute atomic E-state index is 13.4. The molecular formula is C29H25N3O5S2. The molecule has 198 valence electrons. The quantitative estimate of drug-likeness (QED) is 0.0850. The second-order valence-corrected chi connectivity index (χ2v) is 10.9. The highest BCUT2D eigenvalue weighted by atomic mass is 32.2. The predicted octanol–water partition coefficient (Wildman–Crippen LogP) is 5.95. The van der Waals surface area contributed by atoms with Gasteiger partial charge in [-0.3, -0.25) is 14.5 Å². The van der Waals surface area contributed by atoms with E-state index in [1.807, 2.05) is 37.3 Å². The number of anilines is 1. The molecule has 5 rings (SSSR count). The number of carbonyl (C=O) groups is 2. The number of carbonyl (C=O) groups excluding carboxylic acids is 2. The Balaban J connectivity index is 1.51. The zero-order valence-corrected chi connectivity index (χ0v) is 22.6. The number of aromatic nitrogens is 2. The highest BCUT2D eigenvalue weighted by molar-refractivity contribution is 8.00. The Morgan fingerprint density at radius 2 is 1.72 bits per heavy atom. The number of ether oxygens (including phenoxy) is 1. The monoisotopic (exact) mass is 559 g/mol. The van der Waals surface area contributed by atoms with Gasteiger partial charge in [-0.25, -0.2) is 0 Å². The van der Waals surface area contributed by atoms with Gasteiger partial charge in [-0.05, 0) is 53.9 Å². The molecule has 1 atom stereocenters.